The van der Waals surface area contributed by atoms with E-state index >= 15 is 0 Å². The molecule has 0 heterocycles. The zero-order chi connectivity index (χ0) is 15.5. The summed E-state index contributed by atoms with van der Waals surface area (Å²) < 4.78 is 5.35. The summed E-state index contributed by atoms with van der Waals surface area (Å²) in [5.41, 5.74) is 1.09. The maximum absolute atomic E-state index is 5.35. The monoisotopic (exact) mass is 292 g/mol. The maximum atomic E-state index is 5.35. The van der Waals surface area contributed by atoms with Crippen molar-refractivity contribution in [2.45, 2.75) is 20.4 Å². The molecule has 0 saturated carbocycles. The molecule has 5 heteroatoms. The van der Waals surface area contributed by atoms with Crippen LogP contribution in [0.1, 0.15) is 19.4 Å². The summed E-state index contributed by atoms with van der Waals surface area (Å²) in [7, 11) is 3.80. The van der Waals surface area contributed by atoms with Crippen molar-refractivity contribution in [2.24, 2.45) is 4.99 Å². The van der Waals surface area contributed by atoms with E-state index in [2.05, 4.69) is 41.4 Å². The summed E-state index contributed by atoms with van der Waals surface area (Å²) in [6.45, 7) is 8.60. The fourth-order valence-electron chi connectivity index (χ4n) is 1.86. The molecule has 118 valence electrons. The van der Waals surface area contributed by atoms with Crippen LogP contribution in [0.4, 0.5) is 0 Å². The Hall–Kier alpha value is -1.75. The molecule has 1 aromatic rings. The Morgan fingerprint density at radius 2 is 2.00 bits per heavy atom. The Kier molecular flexibility index (Phi) is 8.28. The number of hydrogen-bond donors (Lipinski definition) is 2. The van der Waals surface area contributed by atoms with Crippen LogP contribution in [0.25, 0.3) is 0 Å². The largest absolute Gasteiger partial charge is 0.496 e. The van der Waals surface area contributed by atoms with Crippen LogP contribution < -0.4 is 15.4 Å². The van der Waals surface area contributed by atoms with Crippen LogP contribution in [0.5, 0.6) is 5.75 Å². The van der Waals surface area contributed by atoms with Crippen molar-refractivity contribution in [3.63, 3.8) is 0 Å². The lowest BCUT2D eigenvalue weighted by molar-refractivity contribution is 0.357. The van der Waals surface area contributed by atoms with E-state index in [1.54, 1.807) is 7.11 Å². The minimum absolute atomic E-state index is 0.600. The average molecular weight is 292 g/mol. The molecule has 0 spiro atoms. The quantitative estimate of drug-likeness (QED) is 0.565. The molecule has 0 aliphatic heterocycles. The van der Waals surface area contributed by atoms with Gasteiger partial charge in [-0.05, 0) is 26.6 Å². The predicted molar refractivity (Wildman–Crippen MR) is 89.0 cm³/mol. The van der Waals surface area contributed by atoms with E-state index < -0.39 is 0 Å². The molecule has 0 saturated heterocycles. The first-order valence-electron chi connectivity index (χ1n) is 7.53. The molecule has 0 atom stereocenters. The molecule has 0 unspecified atom stereocenters. The number of para-hydroxylation sites is 1. The molecular formula is C16H28N4O. The van der Waals surface area contributed by atoms with Crippen molar-refractivity contribution in [3.8, 4) is 5.75 Å². The van der Waals surface area contributed by atoms with Crippen molar-refractivity contribution in [1.82, 2.24) is 15.5 Å². The lowest BCUT2D eigenvalue weighted by Gasteiger charge is -2.16. The van der Waals surface area contributed by atoms with E-state index in [-0.39, 0.29) is 0 Å². The summed E-state index contributed by atoms with van der Waals surface area (Å²) in [5.74, 6) is 1.72. The number of likely N-dealkylation sites (N-methyl/N-ethyl adjacent to an activating group) is 1. The van der Waals surface area contributed by atoms with E-state index in [0.717, 1.165) is 43.5 Å². The second-order valence-corrected chi connectivity index (χ2v) is 4.83. The highest BCUT2D eigenvalue weighted by molar-refractivity contribution is 5.79. The molecule has 1 rings (SSSR count). The summed E-state index contributed by atoms with van der Waals surface area (Å²) in [6, 6.07) is 7.97. The molecule has 0 amide bonds. The Morgan fingerprint density at radius 3 is 2.67 bits per heavy atom. The number of guanidine groups is 1. The predicted octanol–water partition coefficient (Wildman–Crippen LogP) is 1.70. The van der Waals surface area contributed by atoms with E-state index in [9.17, 15) is 0 Å². The van der Waals surface area contributed by atoms with Crippen molar-refractivity contribution >= 4 is 5.96 Å². The molecule has 1 aromatic carbocycles. The zero-order valence-electron chi connectivity index (χ0n) is 13.6. The first-order chi connectivity index (χ1) is 10.2. The first-order valence-corrected chi connectivity index (χ1v) is 7.53. The molecule has 0 aliphatic rings. The highest BCUT2D eigenvalue weighted by atomic mass is 16.5. The van der Waals surface area contributed by atoms with Crippen LogP contribution in [0.3, 0.4) is 0 Å². The normalized spacial score (nSPS) is 11.6. The molecule has 5 nitrogen and oxygen atoms in total. The topological polar surface area (TPSA) is 48.9 Å². The smallest absolute Gasteiger partial charge is 0.191 e. The van der Waals surface area contributed by atoms with Crippen LogP contribution >= 0.6 is 0 Å². The van der Waals surface area contributed by atoms with Gasteiger partial charge in [0, 0.05) is 25.2 Å². The minimum Gasteiger partial charge on any atom is -0.496 e. The molecule has 2 N–H and O–H groups in total. The number of methoxy groups -OCH3 is 1. The number of rotatable bonds is 8. The van der Waals surface area contributed by atoms with E-state index in [4.69, 9.17) is 4.74 Å². The molecule has 0 aliphatic carbocycles. The van der Waals surface area contributed by atoms with Gasteiger partial charge in [0.15, 0.2) is 5.96 Å². The third kappa shape index (κ3) is 6.49. The third-order valence-corrected chi connectivity index (χ3v) is 3.27. The van der Waals surface area contributed by atoms with Gasteiger partial charge in [-0.1, -0.05) is 25.1 Å². The van der Waals surface area contributed by atoms with Gasteiger partial charge in [-0.2, -0.15) is 0 Å². The summed E-state index contributed by atoms with van der Waals surface area (Å²) >= 11 is 0. The molecule has 21 heavy (non-hydrogen) atoms. The van der Waals surface area contributed by atoms with Crippen LogP contribution in [0.15, 0.2) is 29.3 Å². The van der Waals surface area contributed by atoms with E-state index in [1.807, 2.05) is 24.3 Å². The van der Waals surface area contributed by atoms with Crippen LogP contribution in [0.2, 0.25) is 0 Å². The highest BCUT2D eigenvalue weighted by Gasteiger charge is 2.02. The Bertz CT molecular complexity index is 434. The Morgan fingerprint density at radius 1 is 1.24 bits per heavy atom. The molecule has 0 fully saturated rings. The lowest BCUT2D eigenvalue weighted by Crippen LogP contribution is -2.40. The van der Waals surface area contributed by atoms with Crippen LogP contribution in [-0.2, 0) is 6.54 Å². The summed E-state index contributed by atoms with van der Waals surface area (Å²) in [5, 5.41) is 6.61. The van der Waals surface area contributed by atoms with Gasteiger partial charge in [0.2, 0.25) is 0 Å². The van der Waals surface area contributed by atoms with Crippen molar-refractivity contribution in [1.29, 1.82) is 0 Å². The number of hydrogen-bond acceptors (Lipinski definition) is 3. The van der Waals surface area contributed by atoms with Gasteiger partial charge < -0.3 is 20.3 Å². The summed E-state index contributed by atoms with van der Waals surface area (Å²) in [4.78, 5) is 6.87. The van der Waals surface area contributed by atoms with Crippen molar-refractivity contribution in [2.75, 3.05) is 40.3 Å². The van der Waals surface area contributed by atoms with Gasteiger partial charge in [0.1, 0.15) is 5.75 Å². The Labute approximate surface area is 128 Å². The van der Waals surface area contributed by atoms with E-state index in [1.165, 1.54) is 0 Å². The molecular weight excluding hydrogens is 264 g/mol. The molecule has 0 aromatic heterocycles. The SMILES string of the molecule is CCNC(=NCc1ccccc1OC)NCCN(C)CC. The lowest BCUT2D eigenvalue weighted by atomic mass is 10.2. The van der Waals surface area contributed by atoms with Gasteiger partial charge in [-0.15, -0.1) is 0 Å². The van der Waals surface area contributed by atoms with Crippen molar-refractivity contribution in [3.05, 3.63) is 29.8 Å². The minimum atomic E-state index is 0.600. The fourth-order valence-corrected chi connectivity index (χ4v) is 1.86. The maximum Gasteiger partial charge on any atom is 0.191 e. The first kappa shape index (κ1) is 17.3. The van der Waals surface area contributed by atoms with Gasteiger partial charge in [-0.25, -0.2) is 4.99 Å². The van der Waals surface area contributed by atoms with Gasteiger partial charge in [0.25, 0.3) is 0 Å². The molecule has 0 radical (unpaired) electrons. The fraction of sp³-hybridized carbons (Fsp3) is 0.562. The number of benzene rings is 1. The molecule has 0 bridgehead atoms. The number of ether oxygens (including phenoxy) is 1. The van der Waals surface area contributed by atoms with Gasteiger partial charge in [-0.3, -0.25) is 0 Å². The summed E-state index contributed by atoms with van der Waals surface area (Å²) in [6.07, 6.45) is 0. The standard InChI is InChI=1S/C16H28N4O/c1-5-17-16(18-11-12-20(3)6-2)19-13-14-9-7-8-10-15(14)21-4/h7-10H,5-6,11-13H2,1-4H3,(H2,17,18,19). The number of nitrogens with one attached hydrogen (secondary N) is 2. The van der Waals surface area contributed by atoms with Crippen molar-refractivity contribution < 1.29 is 4.74 Å². The Balaban J connectivity index is 2.58. The van der Waals surface area contributed by atoms with E-state index in [0.29, 0.717) is 6.54 Å². The van der Waals surface area contributed by atoms with Crippen LogP contribution in [-0.4, -0.2) is 51.2 Å². The highest BCUT2D eigenvalue weighted by Crippen LogP contribution is 2.17. The van der Waals surface area contributed by atoms with Gasteiger partial charge in [0.05, 0.1) is 13.7 Å². The zero-order valence-corrected chi connectivity index (χ0v) is 13.6. The number of aliphatic imine (C=N–C) groups is 1. The number of nitrogens with zero attached hydrogens (tertiary/aromatic N) is 2. The third-order valence-electron chi connectivity index (χ3n) is 3.27. The second kappa shape index (κ2) is 10.0. The second-order valence-electron chi connectivity index (χ2n) is 4.83. The van der Waals surface area contributed by atoms with Gasteiger partial charge >= 0.3 is 0 Å². The average Bonchev–Trinajstić information content (AvgIpc) is 2.52. The van der Waals surface area contributed by atoms with Crippen LogP contribution in [0, 0.1) is 0 Å².